The first-order chi connectivity index (χ1) is 15.1. The highest BCUT2D eigenvalue weighted by molar-refractivity contribution is 7.89. The number of aromatic nitrogens is 2. The number of nitrogens with one attached hydrogen (secondary N) is 2. The van der Waals surface area contributed by atoms with Crippen LogP contribution in [0, 0.1) is 13.8 Å². The lowest BCUT2D eigenvalue weighted by Gasteiger charge is -2.16. The predicted molar refractivity (Wildman–Crippen MR) is 121 cm³/mol. The molecule has 3 aromatic rings. The van der Waals surface area contributed by atoms with Crippen LogP contribution in [0.1, 0.15) is 42.7 Å². The second-order valence-corrected chi connectivity index (χ2v) is 10.1. The number of rotatable bonds is 7. The third-order valence-corrected chi connectivity index (χ3v) is 7.21. The van der Waals surface area contributed by atoms with E-state index in [2.05, 4.69) is 20.2 Å². The number of hydrogen-bond acceptors (Lipinski definition) is 6. The number of nitrogens with zero attached hydrogens (tertiary/aromatic N) is 2. The first-order valence-electron chi connectivity index (χ1n) is 10.2. The van der Waals surface area contributed by atoms with Crippen LogP contribution in [0.2, 0.25) is 5.02 Å². The largest absolute Gasteiger partial charge is 0.339 e. The second kappa shape index (κ2) is 8.65. The molecule has 1 amide bonds. The molecule has 2 aromatic carbocycles. The van der Waals surface area contributed by atoms with Gasteiger partial charge in [-0.25, -0.2) is 8.42 Å². The molecule has 168 valence electrons. The molecule has 1 aliphatic rings. The molecule has 0 radical (unpaired) electrons. The maximum absolute atomic E-state index is 13.1. The first kappa shape index (κ1) is 22.4. The number of sulfonamides is 1. The van der Waals surface area contributed by atoms with E-state index in [1.165, 1.54) is 13.0 Å². The summed E-state index contributed by atoms with van der Waals surface area (Å²) in [5, 5.41) is 7.00. The number of benzene rings is 2. The Morgan fingerprint density at radius 2 is 1.94 bits per heavy atom. The van der Waals surface area contributed by atoms with Gasteiger partial charge in [-0.1, -0.05) is 35.0 Å². The molecule has 1 saturated carbocycles. The summed E-state index contributed by atoms with van der Waals surface area (Å²) in [7, 11) is -4.00. The fraction of sp³-hybridized carbons (Fsp3) is 0.318. The Hall–Kier alpha value is -2.75. The Morgan fingerprint density at radius 1 is 1.19 bits per heavy atom. The molecular formula is C22H23ClN4O4S. The number of hydrogen-bond donors (Lipinski definition) is 2. The lowest BCUT2D eigenvalue weighted by molar-refractivity contribution is -0.117. The Kier molecular flexibility index (Phi) is 6.07. The van der Waals surface area contributed by atoms with Crippen molar-refractivity contribution in [3.8, 4) is 11.4 Å². The lowest BCUT2D eigenvalue weighted by atomic mass is 10.1. The van der Waals surface area contributed by atoms with Gasteiger partial charge in [-0.05, 0) is 62.9 Å². The fourth-order valence-electron chi connectivity index (χ4n) is 3.19. The summed E-state index contributed by atoms with van der Waals surface area (Å²) in [5.74, 6) is 0.680. The number of carbonyl (C=O) groups excluding carboxylic acids is 1. The van der Waals surface area contributed by atoms with Gasteiger partial charge in [-0.15, -0.1) is 0 Å². The maximum atomic E-state index is 13.1. The first-order valence-corrected chi connectivity index (χ1v) is 12.0. The molecule has 8 nitrogen and oxygen atoms in total. The number of aryl methyl sites for hydroxylation is 2. The summed E-state index contributed by atoms with van der Waals surface area (Å²) in [6.45, 7) is 5.03. The average molecular weight is 475 g/mol. The highest BCUT2D eigenvalue weighted by atomic mass is 35.5. The van der Waals surface area contributed by atoms with Crippen molar-refractivity contribution in [1.82, 2.24) is 14.9 Å². The molecule has 0 aliphatic heterocycles. The Labute approximate surface area is 191 Å². The van der Waals surface area contributed by atoms with Crippen LogP contribution in [0.5, 0.6) is 0 Å². The topological polar surface area (TPSA) is 114 Å². The minimum Gasteiger partial charge on any atom is -0.339 e. The van der Waals surface area contributed by atoms with E-state index >= 15 is 0 Å². The summed E-state index contributed by atoms with van der Waals surface area (Å²) >= 11 is 6.16. The highest BCUT2D eigenvalue weighted by Crippen LogP contribution is 2.39. The van der Waals surface area contributed by atoms with Crippen LogP contribution in [0.4, 0.5) is 5.69 Å². The molecule has 2 N–H and O–H groups in total. The van der Waals surface area contributed by atoms with Crippen molar-refractivity contribution in [3.05, 3.63) is 58.4 Å². The summed E-state index contributed by atoms with van der Waals surface area (Å²) in [6.07, 6.45) is 2.04. The van der Waals surface area contributed by atoms with E-state index in [0.717, 1.165) is 18.4 Å². The molecule has 1 aromatic heterocycles. The molecule has 0 bridgehead atoms. The number of halogens is 1. The van der Waals surface area contributed by atoms with Gasteiger partial charge < -0.3 is 9.84 Å². The zero-order valence-electron chi connectivity index (χ0n) is 17.8. The van der Waals surface area contributed by atoms with Gasteiger partial charge >= 0.3 is 0 Å². The van der Waals surface area contributed by atoms with Crippen molar-refractivity contribution in [2.45, 2.75) is 50.5 Å². The average Bonchev–Trinajstić information content (AvgIpc) is 3.47. The fourth-order valence-corrected chi connectivity index (χ4v) is 4.95. The van der Waals surface area contributed by atoms with E-state index in [1.807, 2.05) is 6.92 Å². The molecular weight excluding hydrogens is 452 g/mol. The molecule has 1 heterocycles. The summed E-state index contributed by atoms with van der Waals surface area (Å²) in [5.41, 5.74) is 2.41. The minimum absolute atomic E-state index is 0.0424. The van der Waals surface area contributed by atoms with Crippen LogP contribution in [-0.2, 0) is 14.8 Å². The normalized spacial score (nSPS) is 14.9. The van der Waals surface area contributed by atoms with Gasteiger partial charge in [-0.3, -0.25) is 4.79 Å². The van der Waals surface area contributed by atoms with E-state index < -0.39 is 22.0 Å². The highest BCUT2D eigenvalue weighted by Gasteiger charge is 2.30. The second-order valence-electron chi connectivity index (χ2n) is 8.03. The van der Waals surface area contributed by atoms with Gasteiger partial charge in [-0.2, -0.15) is 9.71 Å². The predicted octanol–water partition coefficient (Wildman–Crippen LogP) is 4.19. The van der Waals surface area contributed by atoms with Crippen LogP contribution in [-0.4, -0.2) is 30.5 Å². The van der Waals surface area contributed by atoms with Crippen molar-refractivity contribution < 1.29 is 17.7 Å². The minimum atomic E-state index is -4.00. The van der Waals surface area contributed by atoms with Crippen molar-refractivity contribution in [1.29, 1.82) is 0 Å². The summed E-state index contributed by atoms with van der Waals surface area (Å²) in [4.78, 5) is 17.0. The van der Waals surface area contributed by atoms with Crippen LogP contribution in [0.3, 0.4) is 0 Å². The monoisotopic (exact) mass is 474 g/mol. The standard InChI is InChI=1S/C22H23ClN4O4S/c1-12-4-9-18(17(23)10-12)24-21(28)14(3)27-32(29,30)19-11-16(6-5-13(19)2)20-25-22(31-26-20)15-7-8-15/h4-6,9-11,14-15,27H,7-8H2,1-3H3,(H,24,28)/t14-/m0/s1. The summed E-state index contributed by atoms with van der Waals surface area (Å²) < 4.78 is 33.8. The van der Waals surface area contributed by atoms with Gasteiger partial charge in [0, 0.05) is 11.5 Å². The van der Waals surface area contributed by atoms with Crippen LogP contribution in [0.15, 0.2) is 45.8 Å². The quantitative estimate of drug-likeness (QED) is 0.530. The Bertz CT molecular complexity index is 1280. The zero-order chi connectivity index (χ0) is 23.0. The molecule has 0 spiro atoms. The van der Waals surface area contributed by atoms with Gasteiger partial charge in [0.05, 0.1) is 21.6 Å². The number of carbonyl (C=O) groups is 1. The van der Waals surface area contributed by atoms with Crippen LogP contribution >= 0.6 is 11.6 Å². The van der Waals surface area contributed by atoms with Gasteiger partial charge in [0.25, 0.3) is 0 Å². The third kappa shape index (κ3) is 4.85. The van der Waals surface area contributed by atoms with E-state index in [-0.39, 0.29) is 4.90 Å². The molecule has 32 heavy (non-hydrogen) atoms. The third-order valence-electron chi connectivity index (χ3n) is 5.21. The molecule has 4 rings (SSSR count). The van der Waals surface area contributed by atoms with Crippen molar-refractivity contribution in [2.24, 2.45) is 0 Å². The Morgan fingerprint density at radius 3 is 2.62 bits per heavy atom. The zero-order valence-corrected chi connectivity index (χ0v) is 19.4. The van der Waals surface area contributed by atoms with E-state index in [0.29, 0.717) is 39.5 Å². The van der Waals surface area contributed by atoms with E-state index in [4.69, 9.17) is 16.1 Å². The molecule has 0 unspecified atom stereocenters. The van der Waals surface area contributed by atoms with Gasteiger partial charge in [0.15, 0.2) is 0 Å². The van der Waals surface area contributed by atoms with Crippen LogP contribution < -0.4 is 10.0 Å². The summed E-state index contributed by atoms with van der Waals surface area (Å²) in [6, 6.07) is 9.06. The van der Waals surface area contributed by atoms with Gasteiger partial charge in [0.2, 0.25) is 27.6 Å². The van der Waals surface area contributed by atoms with Crippen LogP contribution in [0.25, 0.3) is 11.4 Å². The van der Waals surface area contributed by atoms with E-state index in [1.54, 1.807) is 37.3 Å². The van der Waals surface area contributed by atoms with Crippen molar-refractivity contribution in [2.75, 3.05) is 5.32 Å². The van der Waals surface area contributed by atoms with Gasteiger partial charge in [0.1, 0.15) is 0 Å². The number of amides is 1. The Balaban J connectivity index is 1.52. The smallest absolute Gasteiger partial charge is 0.242 e. The molecule has 1 fully saturated rings. The van der Waals surface area contributed by atoms with Crippen molar-refractivity contribution >= 4 is 33.2 Å². The maximum Gasteiger partial charge on any atom is 0.242 e. The molecule has 0 saturated heterocycles. The number of anilines is 1. The SMILES string of the molecule is Cc1ccc(NC(=O)[C@H](C)NS(=O)(=O)c2cc(-c3noc(C4CC4)n3)ccc2C)c(Cl)c1. The molecule has 10 heteroatoms. The molecule has 1 atom stereocenters. The molecule has 1 aliphatic carbocycles. The lowest BCUT2D eigenvalue weighted by Crippen LogP contribution is -2.41. The van der Waals surface area contributed by atoms with E-state index in [9.17, 15) is 13.2 Å². The van der Waals surface area contributed by atoms with Crippen molar-refractivity contribution in [3.63, 3.8) is 0 Å².